The van der Waals surface area contributed by atoms with Gasteiger partial charge in [0, 0.05) is 19.2 Å². The molecule has 2 rings (SSSR count). The first-order valence-corrected chi connectivity index (χ1v) is 8.96. The predicted molar refractivity (Wildman–Crippen MR) is 116 cm³/mol. The molecule has 0 saturated heterocycles. The number of ether oxygens (including phenoxy) is 1. The van der Waals surface area contributed by atoms with Crippen molar-refractivity contribution in [2.75, 3.05) is 25.1 Å². The van der Waals surface area contributed by atoms with Gasteiger partial charge in [0.2, 0.25) is 5.69 Å². The number of benzene rings is 2. The topological polar surface area (TPSA) is 144 Å². The lowest BCUT2D eigenvalue weighted by Crippen LogP contribution is -2.23. The number of nitro benzene ring substituents is 2. The van der Waals surface area contributed by atoms with E-state index in [1.54, 1.807) is 25.1 Å². The summed E-state index contributed by atoms with van der Waals surface area (Å²) in [5.74, 6) is -0.250. The Morgan fingerprint density at radius 3 is 2.26 bits per heavy atom. The van der Waals surface area contributed by atoms with Crippen LogP contribution < -0.4 is 9.64 Å². The van der Waals surface area contributed by atoms with Crippen molar-refractivity contribution in [2.24, 2.45) is 10.2 Å². The Labute approximate surface area is 177 Å². The molecule has 0 fully saturated rings. The highest BCUT2D eigenvalue weighted by Crippen LogP contribution is 2.42. The Hall–Kier alpha value is -4.28. The summed E-state index contributed by atoms with van der Waals surface area (Å²) in [5, 5.41) is 40.0. The molecule has 2 aromatic carbocycles. The van der Waals surface area contributed by atoms with Crippen molar-refractivity contribution in [1.29, 1.82) is 0 Å². The number of azo groups is 1. The maximum absolute atomic E-state index is 11.3. The fourth-order valence-electron chi connectivity index (χ4n) is 2.80. The number of aromatic hydroxyl groups is 1. The van der Waals surface area contributed by atoms with E-state index in [1.165, 1.54) is 7.11 Å². The first-order valence-electron chi connectivity index (χ1n) is 8.96. The van der Waals surface area contributed by atoms with Gasteiger partial charge in [-0.2, -0.15) is 0 Å². The molecule has 2 aromatic rings. The number of phenols is 1. The van der Waals surface area contributed by atoms with Gasteiger partial charge in [-0.25, -0.2) is 0 Å². The molecule has 0 radical (unpaired) electrons. The van der Waals surface area contributed by atoms with Crippen LogP contribution in [-0.2, 0) is 0 Å². The molecular weight excluding hydrogens is 406 g/mol. The largest absolute Gasteiger partial charge is 0.505 e. The van der Waals surface area contributed by atoms with Gasteiger partial charge in [0.05, 0.1) is 40.5 Å². The van der Waals surface area contributed by atoms with Crippen LogP contribution in [-0.4, -0.2) is 35.2 Å². The number of nitrogens with zero attached hydrogens (tertiary/aromatic N) is 5. The lowest BCUT2D eigenvalue weighted by molar-refractivity contribution is -0.393. The van der Waals surface area contributed by atoms with Crippen molar-refractivity contribution in [3.8, 4) is 11.5 Å². The monoisotopic (exact) mass is 427 g/mol. The number of anilines is 1. The normalized spacial score (nSPS) is 10.6. The quantitative estimate of drug-likeness (QED) is 0.240. The third kappa shape index (κ3) is 5.21. The predicted octanol–water partition coefficient (Wildman–Crippen LogP) is 5.12. The van der Waals surface area contributed by atoms with E-state index >= 15 is 0 Å². The zero-order valence-corrected chi connectivity index (χ0v) is 17.0. The second-order valence-electron chi connectivity index (χ2n) is 6.34. The Kier molecular flexibility index (Phi) is 7.39. The van der Waals surface area contributed by atoms with E-state index in [0.717, 1.165) is 11.8 Å². The number of non-ortho nitro benzene ring substituents is 1. The number of phenolic OH excluding ortho intramolecular Hbond substituents is 1. The lowest BCUT2D eigenvalue weighted by Gasteiger charge is -2.24. The van der Waals surface area contributed by atoms with Crippen molar-refractivity contribution in [2.45, 2.75) is 6.92 Å². The number of hydrogen-bond donors (Lipinski definition) is 1. The van der Waals surface area contributed by atoms with Crippen LogP contribution in [0.15, 0.2) is 59.8 Å². The van der Waals surface area contributed by atoms with Crippen molar-refractivity contribution in [3.05, 3.63) is 75.4 Å². The summed E-state index contributed by atoms with van der Waals surface area (Å²) >= 11 is 0. The summed E-state index contributed by atoms with van der Waals surface area (Å²) in [6, 6.07) is 4.90. The number of methoxy groups -OCH3 is 1. The van der Waals surface area contributed by atoms with Gasteiger partial charge in [-0.05, 0) is 18.6 Å². The average Bonchev–Trinajstić information content (AvgIpc) is 2.72. The molecule has 11 heteroatoms. The molecule has 0 aliphatic carbocycles. The maximum Gasteiger partial charge on any atom is 0.307 e. The second kappa shape index (κ2) is 9.96. The van der Waals surface area contributed by atoms with Crippen LogP contribution in [0, 0.1) is 27.2 Å². The first-order chi connectivity index (χ1) is 14.7. The first kappa shape index (κ1) is 23.0. The summed E-state index contributed by atoms with van der Waals surface area (Å²) in [6.45, 7) is 10.3. The van der Waals surface area contributed by atoms with Crippen LogP contribution in [0.3, 0.4) is 0 Å². The summed E-state index contributed by atoms with van der Waals surface area (Å²) in [4.78, 5) is 22.4. The highest BCUT2D eigenvalue weighted by atomic mass is 16.6. The molecule has 0 aliphatic heterocycles. The minimum Gasteiger partial charge on any atom is -0.505 e. The number of nitro groups is 2. The second-order valence-corrected chi connectivity index (χ2v) is 6.34. The zero-order valence-electron chi connectivity index (χ0n) is 17.0. The minimum atomic E-state index is -0.875. The van der Waals surface area contributed by atoms with Crippen LogP contribution in [0.25, 0.3) is 0 Å². The fourth-order valence-corrected chi connectivity index (χ4v) is 2.80. The van der Waals surface area contributed by atoms with Gasteiger partial charge in [-0.15, -0.1) is 23.4 Å². The summed E-state index contributed by atoms with van der Waals surface area (Å²) in [5.41, 5.74) is -0.0675. The van der Waals surface area contributed by atoms with E-state index in [9.17, 15) is 25.3 Å². The van der Waals surface area contributed by atoms with Crippen LogP contribution in [0.1, 0.15) is 5.56 Å². The van der Waals surface area contributed by atoms with Gasteiger partial charge in [-0.1, -0.05) is 12.2 Å². The SMILES string of the molecule is C=CCN(CC=C)c1cc(C)c(N=Nc2c(O)cc([N+](=O)[O-])cc2[N+](=O)[O-])cc1OC. The Morgan fingerprint density at radius 2 is 1.74 bits per heavy atom. The zero-order chi connectivity index (χ0) is 23.1. The van der Waals surface area contributed by atoms with Crippen molar-refractivity contribution in [3.63, 3.8) is 0 Å². The highest BCUT2D eigenvalue weighted by Gasteiger charge is 2.24. The molecule has 0 atom stereocenters. The molecule has 31 heavy (non-hydrogen) atoms. The van der Waals surface area contributed by atoms with E-state index in [-0.39, 0.29) is 0 Å². The Morgan fingerprint density at radius 1 is 1.10 bits per heavy atom. The van der Waals surface area contributed by atoms with Crippen molar-refractivity contribution >= 4 is 28.4 Å². The third-order valence-electron chi connectivity index (χ3n) is 4.26. The molecule has 162 valence electrons. The molecule has 1 N–H and O–H groups in total. The fraction of sp³-hybridized carbons (Fsp3) is 0.200. The number of aryl methyl sites for hydroxylation is 1. The molecule has 0 heterocycles. The van der Waals surface area contributed by atoms with Crippen LogP contribution in [0.4, 0.5) is 28.4 Å². The molecule has 0 spiro atoms. The highest BCUT2D eigenvalue weighted by molar-refractivity contribution is 5.71. The molecule has 0 bridgehead atoms. The molecule has 0 saturated carbocycles. The molecule has 0 amide bonds. The van der Waals surface area contributed by atoms with E-state index < -0.39 is 32.7 Å². The average molecular weight is 427 g/mol. The Bertz CT molecular complexity index is 1060. The Balaban J connectivity index is 2.54. The van der Waals surface area contributed by atoms with Gasteiger partial charge in [0.1, 0.15) is 5.75 Å². The van der Waals surface area contributed by atoms with E-state index in [2.05, 4.69) is 23.4 Å². The minimum absolute atomic E-state index is 0.338. The van der Waals surface area contributed by atoms with Crippen LogP contribution in [0.2, 0.25) is 0 Å². The maximum atomic E-state index is 11.3. The standard InChI is InChI=1S/C20H21N5O6/c1-5-7-23(8-6-2)16-9-13(3)15(12-19(16)31-4)21-22-20-17(25(29)30)10-14(24(27)28)11-18(20)26/h5-6,9-12,26H,1-2,7-8H2,3-4H3. The van der Waals surface area contributed by atoms with Gasteiger partial charge >= 0.3 is 5.69 Å². The van der Waals surface area contributed by atoms with E-state index in [1.807, 2.05) is 11.0 Å². The smallest absolute Gasteiger partial charge is 0.307 e. The number of rotatable bonds is 10. The van der Waals surface area contributed by atoms with E-state index in [0.29, 0.717) is 36.2 Å². The van der Waals surface area contributed by atoms with Crippen LogP contribution in [0.5, 0.6) is 11.5 Å². The molecule has 0 aromatic heterocycles. The van der Waals surface area contributed by atoms with Crippen molar-refractivity contribution < 1.29 is 19.7 Å². The van der Waals surface area contributed by atoms with Gasteiger partial charge < -0.3 is 14.7 Å². The molecule has 11 nitrogen and oxygen atoms in total. The lowest BCUT2D eigenvalue weighted by atomic mass is 10.1. The van der Waals surface area contributed by atoms with Crippen molar-refractivity contribution in [1.82, 2.24) is 0 Å². The summed E-state index contributed by atoms with van der Waals surface area (Å²) < 4.78 is 5.45. The third-order valence-corrected chi connectivity index (χ3v) is 4.26. The van der Waals surface area contributed by atoms with E-state index in [4.69, 9.17) is 4.74 Å². The van der Waals surface area contributed by atoms with Gasteiger partial charge in [-0.3, -0.25) is 20.2 Å². The van der Waals surface area contributed by atoms with Crippen LogP contribution >= 0.6 is 0 Å². The van der Waals surface area contributed by atoms with Gasteiger partial charge in [0.25, 0.3) is 5.69 Å². The summed E-state index contributed by atoms with van der Waals surface area (Å²) in [7, 11) is 1.49. The van der Waals surface area contributed by atoms with Gasteiger partial charge in [0.15, 0.2) is 5.75 Å². The number of hydrogen-bond acceptors (Lipinski definition) is 9. The summed E-state index contributed by atoms with van der Waals surface area (Å²) in [6.07, 6.45) is 3.48. The molecule has 0 aliphatic rings. The molecule has 0 unspecified atom stereocenters. The molecular formula is C20H21N5O6.